The Morgan fingerprint density at radius 3 is 2.00 bits per heavy atom. The van der Waals surface area contributed by atoms with Crippen LogP contribution in [0.4, 0.5) is 0 Å². The van der Waals surface area contributed by atoms with E-state index in [1.54, 1.807) is 0 Å². The van der Waals surface area contributed by atoms with E-state index in [4.69, 9.17) is 0 Å². The Labute approximate surface area is 123 Å². The summed E-state index contributed by atoms with van der Waals surface area (Å²) in [5.74, 6) is 0. The molecule has 0 amide bonds. The molecule has 0 saturated carbocycles. The first kappa shape index (κ1) is 11.9. The van der Waals surface area contributed by atoms with Gasteiger partial charge in [-0.05, 0) is 29.3 Å². The van der Waals surface area contributed by atoms with E-state index in [1.165, 1.54) is 11.1 Å². The lowest BCUT2D eigenvalue weighted by Crippen LogP contribution is -1.87. The zero-order chi connectivity index (χ0) is 14.1. The highest BCUT2D eigenvalue weighted by Gasteiger charge is 2.05. The molecule has 0 aliphatic rings. The third kappa shape index (κ3) is 2.21. The van der Waals surface area contributed by atoms with Crippen LogP contribution in [0.3, 0.4) is 0 Å². The van der Waals surface area contributed by atoms with Crippen molar-refractivity contribution in [2.45, 2.75) is 0 Å². The van der Waals surface area contributed by atoms with Gasteiger partial charge < -0.3 is 0 Å². The number of aromatic nitrogens is 2. The minimum absolute atomic E-state index is 1.00. The fourth-order valence-electron chi connectivity index (χ4n) is 2.55. The lowest BCUT2D eigenvalue weighted by molar-refractivity contribution is 0.966. The largest absolute Gasteiger partial charge is 0.240 e. The molecule has 0 aliphatic heterocycles. The summed E-state index contributed by atoms with van der Waals surface area (Å²) < 4.78 is 1.93. The first-order chi connectivity index (χ1) is 10.4. The van der Waals surface area contributed by atoms with Crippen LogP contribution in [0.5, 0.6) is 0 Å². The SMILES string of the molecule is c1ccc(-c2ccn3nc(-c4ccccc4)cc3c2)cc1. The van der Waals surface area contributed by atoms with Gasteiger partial charge in [-0.2, -0.15) is 5.10 Å². The number of pyridine rings is 1. The maximum absolute atomic E-state index is 4.63. The Hall–Kier alpha value is -2.87. The van der Waals surface area contributed by atoms with E-state index in [0.717, 1.165) is 16.8 Å². The standard InChI is InChI=1S/C19H14N2/c1-3-7-15(8-4-1)17-11-12-21-18(13-17)14-19(20-21)16-9-5-2-6-10-16/h1-14H. The molecule has 0 N–H and O–H groups in total. The highest BCUT2D eigenvalue weighted by atomic mass is 15.2. The van der Waals surface area contributed by atoms with Gasteiger partial charge in [0.05, 0.1) is 11.2 Å². The molecule has 2 aromatic heterocycles. The van der Waals surface area contributed by atoms with Crippen molar-refractivity contribution in [3.05, 3.63) is 85.1 Å². The average Bonchev–Trinajstić information content (AvgIpc) is 2.99. The number of benzene rings is 2. The van der Waals surface area contributed by atoms with Crippen LogP contribution in [0.25, 0.3) is 27.9 Å². The third-order valence-electron chi connectivity index (χ3n) is 3.64. The fraction of sp³-hybridized carbons (Fsp3) is 0. The van der Waals surface area contributed by atoms with Gasteiger partial charge in [-0.3, -0.25) is 0 Å². The van der Waals surface area contributed by atoms with Crippen molar-refractivity contribution < 1.29 is 0 Å². The molecular weight excluding hydrogens is 256 g/mol. The van der Waals surface area contributed by atoms with E-state index >= 15 is 0 Å². The van der Waals surface area contributed by atoms with Crippen LogP contribution in [-0.4, -0.2) is 9.61 Å². The van der Waals surface area contributed by atoms with Gasteiger partial charge in [0.25, 0.3) is 0 Å². The smallest absolute Gasteiger partial charge is 0.0933 e. The van der Waals surface area contributed by atoms with Crippen molar-refractivity contribution >= 4 is 5.52 Å². The zero-order valence-corrected chi connectivity index (χ0v) is 11.5. The number of fused-ring (bicyclic) bond motifs is 1. The third-order valence-corrected chi connectivity index (χ3v) is 3.64. The fourth-order valence-corrected chi connectivity index (χ4v) is 2.55. The summed E-state index contributed by atoms with van der Waals surface area (Å²) in [6.45, 7) is 0. The number of rotatable bonds is 2. The summed E-state index contributed by atoms with van der Waals surface area (Å²) in [6.07, 6.45) is 2.02. The van der Waals surface area contributed by atoms with Crippen molar-refractivity contribution in [2.75, 3.05) is 0 Å². The van der Waals surface area contributed by atoms with Crippen molar-refractivity contribution in [3.8, 4) is 22.4 Å². The molecule has 0 saturated heterocycles. The molecule has 0 atom stereocenters. The van der Waals surface area contributed by atoms with Crippen molar-refractivity contribution in [2.24, 2.45) is 0 Å². The van der Waals surface area contributed by atoms with Crippen LogP contribution < -0.4 is 0 Å². The summed E-state index contributed by atoms with van der Waals surface area (Å²) >= 11 is 0. The monoisotopic (exact) mass is 270 g/mol. The van der Waals surface area contributed by atoms with Gasteiger partial charge in [0.2, 0.25) is 0 Å². The zero-order valence-electron chi connectivity index (χ0n) is 11.5. The predicted molar refractivity (Wildman–Crippen MR) is 86.1 cm³/mol. The Balaban J connectivity index is 1.82. The van der Waals surface area contributed by atoms with Gasteiger partial charge in [0.1, 0.15) is 0 Å². The number of hydrogen-bond acceptors (Lipinski definition) is 1. The molecule has 0 bridgehead atoms. The van der Waals surface area contributed by atoms with E-state index < -0.39 is 0 Å². The first-order valence-electron chi connectivity index (χ1n) is 7.00. The van der Waals surface area contributed by atoms with Crippen LogP contribution in [-0.2, 0) is 0 Å². The number of hydrogen-bond donors (Lipinski definition) is 0. The molecule has 2 heterocycles. The van der Waals surface area contributed by atoms with Gasteiger partial charge in [0, 0.05) is 11.8 Å². The number of nitrogens with zero attached hydrogens (tertiary/aromatic N) is 2. The van der Waals surface area contributed by atoms with Crippen LogP contribution in [0.2, 0.25) is 0 Å². The van der Waals surface area contributed by atoms with Crippen molar-refractivity contribution in [3.63, 3.8) is 0 Å². The van der Waals surface area contributed by atoms with Crippen LogP contribution >= 0.6 is 0 Å². The van der Waals surface area contributed by atoms with Crippen LogP contribution in [0, 0.1) is 0 Å². The van der Waals surface area contributed by atoms with E-state index in [1.807, 2.05) is 35.0 Å². The Bertz CT molecular complexity index is 840. The molecule has 0 radical (unpaired) electrons. The molecule has 0 aliphatic carbocycles. The molecule has 100 valence electrons. The molecule has 0 unspecified atom stereocenters. The molecule has 0 spiro atoms. The van der Waals surface area contributed by atoms with Crippen molar-refractivity contribution in [1.82, 2.24) is 9.61 Å². The lowest BCUT2D eigenvalue weighted by atomic mass is 10.1. The topological polar surface area (TPSA) is 17.3 Å². The summed E-state index contributed by atoms with van der Waals surface area (Å²) in [4.78, 5) is 0. The molecular formula is C19H14N2. The lowest BCUT2D eigenvalue weighted by Gasteiger charge is -2.01. The van der Waals surface area contributed by atoms with E-state index in [-0.39, 0.29) is 0 Å². The minimum atomic E-state index is 1.00. The molecule has 4 aromatic rings. The normalized spacial score (nSPS) is 10.9. The van der Waals surface area contributed by atoms with Gasteiger partial charge >= 0.3 is 0 Å². The Morgan fingerprint density at radius 1 is 0.619 bits per heavy atom. The van der Waals surface area contributed by atoms with Gasteiger partial charge in [-0.15, -0.1) is 0 Å². The second kappa shape index (κ2) is 4.91. The second-order valence-corrected chi connectivity index (χ2v) is 5.05. The quantitative estimate of drug-likeness (QED) is 0.517. The minimum Gasteiger partial charge on any atom is -0.240 e. The predicted octanol–water partition coefficient (Wildman–Crippen LogP) is 4.67. The Kier molecular flexibility index (Phi) is 2.79. The first-order valence-corrected chi connectivity index (χ1v) is 7.00. The summed E-state index contributed by atoms with van der Waals surface area (Å²) in [5.41, 5.74) is 5.68. The summed E-state index contributed by atoms with van der Waals surface area (Å²) in [7, 11) is 0. The molecule has 0 fully saturated rings. The highest BCUT2D eigenvalue weighted by Crippen LogP contribution is 2.24. The van der Waals surface area contributed by atoms with Gasteiger partial charge in [-0.25, -0.2) is 4.52 Å². The van der Waals surface area contributed by atoms with Crippen molar-refractivity contribution in [1.29, 1.82) is 0 Å². The van der Waals surface area contributed by atoms with E-state index in [2.05, 4.69) is 59.7 Å². The maximum Gasteiger partial charge on any atom is 0.0933 e. The molecule has 4 rings (SSSR count). The molecule has 21 heavy (non-hydrogen) atoms. The van der Waals surface area contributed by atoms with E-state index in [9.17, 15) is 0 Å². The second-order valence-electron chi connectivity index (χ2n) is 5.05. The van der Waals surface area contributed by atoms with Gasteiger partial charge in [0.15, 0.2) is 0 Å². The average molecular weight is 270 g/mol. The summed E-state index contributed by atoms with van der Waals surface area (Å²) in [5, 5.41) is 4.63. The maximum atomic E-state index is 4.63. The van der Waals surface area contributed by atoms with Crippen LogP contribution in [0.15, 0.2) is 85.1 Å². The molecule has 2 heteroatoms. The van der Waals surface area contributed by atoms with Gasteiger partial charge in [-0.1, -0.05) is 60.7 Å². The van der Waals surface area contributed by atoms with E-state index in [0.29, 0.717) is 0 Å². The molecule has 2 nitrogen and oxygen atoms in total. The highest BCUT2D eigenvalue weighted by molar-refractivity contribution is 5.72. The summed E-state index contributed by atoms with van der Waals surface area (Å²) in [6, 6.07) is 27.1. The molecule has 2 aromatic carbocycles. The van der Waals surface area contributed by atoms with Crippen LogP contribution in [0.1, 0.15) is 0 Å². The Morgan fingerprint density at radius 2 is 1.29 bits per heavy atom.